The van der Waals surface area contributed by atoms with Crippen LogP contribution in [0.5, 0.6) is 5.75 Å². The molecular weight excluding hydrogens is 204 g/mol. The Labute approximate surface area is 82.4 Å². The topological polar surface area (TPSA) is 96.4 Å². The Balaban J connectivity index is 2.87. The third kappa shape index (κ3) is 1.16. The van der Waals surface area contributed by atoms with Gasteiger partial charge in [0.2, 0.25) is 0 Å². The fourth-order valence-corrected chi connectivity index (χ4v) is 2.04. The highest BCUT2D eigenvalue weighted by atomic mass is 32.1. The standard InChI is InChI=1S/C8H6N2O3S/c9-8-10-5-4(11)2-1-3(7(12)13)6(5)14-8/h1-2,11H,(H2,9,10)(H,12,13). The van der Waals surface area contributed by atoms with Crippen molar-refractivity contribution in [1.29, 1.82) is 0 Å². The van der Waals surface area contributed by atoms with E-state index in [1.165, 1.54) is 12.1 Å². The van der Waals surface area contributed by atoms with Gasteiger partial charge in [-0.2, -0.15) is 0 Å². The Morgan fingerprint density at radius 2 is 2.21 bits per heavy atom. The zero-order valence-electron chi connectivity index (χ0n) is 6.89. The van der Waals surface area contributed by atoms with Gasteiger partial charge < -0.3 is 15.9 Å². The van der Waals surface area contributed by atoms with E-state index in [1.807, 2.05) is 0 Å². The Morgan fingerprint density at radius 3 is 2.86 bits per heavy atom. The molecular formula is C8H6N2O3S. The van der Waals surface area contributed by atoms with Gasteiger partial charge in [-0.1, -0.05) is 11.3 Å². The van der Waals surface area contributed by atoms with Crippen LogP contribution in [0.4, 0.5) is 5.13 Å². The lowest BCUT2D eigenvalue weighted by atomic mass is 10.2. The summed E-state index contributed by atoms with van der Waals surface area (Å²) in [6.45, 7) is 0. The van der Waals surface area contributed by atoms with Crippen molar-refractivity contribution in [3.8, 4) is 5.75 Å². The SMILES string of the molecule is Nc1nc2c(O)ccc(C(=O)O)c2s1. The molecule has 2 rings (SSSR count). The molecule has 0 spiro atoms. The molecule has 0 radical (unpaired) electrons. The number of aromatic hydroxyl groups is 1. The number of fused-ring (bicyclic) bond motifs is 1. The zero-order valence-corrected chi connectivity index (χ0v) is 7.71. The second kappa shape index (κ2) is 2.85. The van der Waals surface area contributed by atoms with Crippen molar-refractivity contribution in [3.05, 3.63) is 17.7 Å². The summed E-state index contributed by atoms with van der Waals surface area (Å²) in [4.78, 5) is 14.6. The lowest BCUT2D eigenvalue weighted by Crippen LogP contribution is -1.95. The van der Waals surface area contributed by atoms with Crippen LogP contribution in [0.15, 0.2) is 12.1 Å². The number of hydrogen-bond donors (Lipinski definition) is 3. The maximum Gasteiger partial charge on any atom is 0.337 e. The molecule has 1 aromatic carbocycles. The summed E-state index contributed by atoms with van der Waals surface area (Å²) in [6.07, 6.45) is 0. The monoisotopic (exact) mass is 210 g/mol. The first-order valence-electron chi connectivity index (χ1n) is 3.71. The summed E-state index contributed by atoms with van der Waals surface area (Å²) >= 11 is 1.05. The van der Waals surface area contributed by atoms with Crippen LogP contribution in [0.25, 0.3) is 10.2 Å². The first-order valence-corrected chi connectivity index (χ1v) is 4.52. The van der Waals surface area contributed by atoms with Gasteiger partial charge in [-0.05, 0) is 12.1 Å². The quantitative estimate of drug-likeness (QED) is 0.658. The number of nitrogens with zero attached hydrogens (tertiary/aromatic N) is 1. The second-order valence-corrected chi connectivity index (χ2v) is 3.70. The zero-order chi connectivity index (χ0) is 10.3. The minimum absolute atomic E-state index is 0.0575. The van der Waals surface area contributed by atoms with Crippen LogP contribution >= 0.6 is 11.3 Å². The van der Waals surface area contributed by atoms with Gasteiger partial charge in [-0.25, -0.2) is 9.78 Å². The van der Waals surface area contributed by atoms with E-state index in [9.17, 15) is 9.90 Å². The van der Waals surface area contributed by atoms with Crippen LogP contribution in [-0.2, 0) is 0 Å². The van der Waals surface area contributed by atoms with E-state index in [2.05, 4.69) is 4.98 Å². The number of aromatic carboxylic acids is 1. The minimum Gasteiger partial charge on any atom is -0.506 e. The molecule has 0 amide bonds. The largest absolute Gasteiger partial charge is 0.506 e. The molecule has 0 atom stereocenters. The maximum atomic E-state index is 10.8. The van der Waals surface area contributed by atoms with E-state index >= 15 is 0 Å². The molecule has 0 fully saturated rings. The molecule has 0 aliphatic carbocycles. The average molecular weight is 210 g/mol. The first-order chi connectivity index (χ1) is 6.59. The molecule has 5 nitrogen and oxygen atoms in total. The number of carboxylic acid groups (broad SMARTS) is 1. The number of phenolic OH excluding ortho intramolecular Hbond substituents is 1. The van der Waals surface area contributed by atoms with E-state index in [1.54, 1.807) is 0 Å². The van der Waals surface area contributed by atoms with Crippen molar-refractivity contribution in [1.82, 2.24) is 4.98 Å². The molecule has 6 heteroatoms. The van der Waals surface area contributed by atoms with Gasteiger partial charge in [0.05, 0.1) is 10.3 Å². The molecule has 0 unspecified atom stereocenters. The van der Waals surface area contributed by atoms with Crippen molar-refractivity contribution in [2.24, 2.45) is 0 Å². The van der Waals surface area contributed by atoms with E-state index in [4.69, 9.17) is 10.8 Å². The Morgan fingerprint density at radius 1 is 1.50 bits per heavy atom. The van der Waals surface area contributed by atoms with Crippen LogP contribution in [-0.4, -0.2) is 21.2 Å². The van der Waals surface area contributed by atoms with Crippen molar-refractivity contribution in [2.75, 3.05) is 5.73 Å². The number of anilines is 1. The van der Waals surface area contributed by atoms with E-state index in [0.29, 0.717) is 4.70 Å². The van der Waals surface area contributed by atoms with Crippen LogP contribution in [0, 0.1) is 0 Å². The Bertz CT molecular complexity index is 521. The van der Waals surface area contributed by atoms with Crippen molar-refractivity contribution in [2.45, 2.75) is 0 Å². The number of benzene rings is 1. The number of carboxylic acids is 1. The first kappa shape index (κ1) is 8.76. The molecule has 72 valence electrons. The normalized spacial score (nSPS) is 10.6. The molecule has 0 aliphatic rings. The van der Waals surface area contributed by atoms with Crippen molar-refractivity contribution in [3.63, 3.8) is 0 Å². The molecule has 0 aliphatic heterocycles. The summed E-state index contributed by atoms with van der Waals surface area (Å²) < 4.78 is 0.398. The van der Waals surface area contributed by atoms with Crippen LogP contribution in [0.3, 0.4) is 0 Å². The molecule has 0 saturated carbocycles. The average Bonchev–Trinajstić information content (AvgIpc) is 2.47. The van der Waals surface area contributed by atoms with Gasteiger partial charge in [0.25, 0.3) is 0 Å². The van der Waals surface area contributed by atoms with Gasteiger partial charge in [0.1, 0.15) is 11.3 Å². The fourth-order valence-electron chi connectivity index (χ4n) is 1.18. The highest BCUT2D eigenvalue weighted by molar-refractivity contribution is 7.22. The van der Waals surface area contributed by atoms with Crippen LogP contribution in [0.1, 0.15) is 10.4 Å². The number of nitrogens with two attached hydrogens (primary N) is 1. The molecule has 0 bridgehead atoms. The van der Waals surface area contributed by atoms with Gasteiger partial charge >= 0.3 is 5.97 Å². The minimum atomic E-state index is -1.06. The van der Waals surface area contributed by atoms with E-state index in [0.717, 1.165) is 11.3 Å². The number of hydrogen-bond acceptors (Lipinski definition) is 5. The van der Waals surface area contributed by atoms with Gasteiger partial charge in [0, 0.05) is 0 Å². The highest BCUT2D eigenvalue weighted by Gasteiger charge is 2.14. The summed E-state index contributed by atoms with van der Waals surface area (Å²) in [5.41, 5.74) is 5.78. The lowest BCUT2D eigenvalue weighted by molar-refractivity contribution is 0.0699. The Kier molecular flexibility index (Phi) is 1.78. The summed E-state index contributed by atoms with van der Waals surface area (Å²) in [5.74, 6) is -1.11. The number of phenols is 1. The third-order valence-electron chi connectivity index (χ3n) is 1.77. The van der Waals surface area contributed by atoms with Crippen molar-refractivity contribution < 1.29 is 15.0 Å². The molecule has 14 heavy (non-hydrogen) atoms. The van der Waals surface area contributed by atoms with E-state index < -0.39 is 5.97 Å². The summed E-state index contributed by atoms with van der Waals surface area (Å²) in [6, 6.07) is 2.63. The summed E-state index contributed by atoms with van der Waals surface area (Å²) in [5, 5.41) is 18.5. The van der Waals surface area contributed by atoms with Gasteiger partial charge in [0.15, 0.2) is 5.13 Å². The highest BCUT2D eigenvalue weighted by Crippen LogP contribution is 2.33. The second-order valence-electron chi connectivity index (χ2n) is 2.67. The number of carbonyl (C=O) groups is 1. The predicted octanol–water partition coefficient (Wildman–Crippen LogP) is 1.28. The van der Waals surface area contributed by atoms with E-state index in [-0.39, 0.29) is 22.0 Å². The van der Waals surface area contributed by atoms with Gasteiger partial charge in [-0.15, -0.1) is 0 Å². The predicted molar refractivity (Wildman–Crippen MR) is 52.7 cm³/mol. The smallest absolute Gasteiger partial charge is 0.337 e. The van der Waals surface area contributed by atoms with Crippen LogP contribution < -0.4 is 5.73 Å². The third-order valence-corrected chi connectivity index (χ3v) is 2.69. The lowest BCUT2D eigenvalue weighted by Gasteiger charge is -1.96. The number of thiazole rings is 1. The molecule has 2 aromatic rings. The van der Waals surface area contributed by atoms with Crippen LogP contribution in [0.2, 0.25) is 0 Å². The fraction of sp³-hybridized carbons (Fsp3) is 0. The molecule has 4 N–H and O–H groups in total. The molecule has 1 aromatic heterocycles. The molecule has 1 heterocycles. The number of nitrogen functional groups attached to an aromatic ring is 1. The molecule has 0 saturated heterocycles. The maximum absolute atomic E-state index is 10.8. The Hall–Kier alpha value is -1.82. The van der Waals surface area contributed by atoms with Crippen molar-refractivity contribution >= 4 is 32.7 Å². The summed E-state index contributed by atoms with van der Waals surface area (Å²) in [7, 11) is 0. The van der Waals surface area contributed by atoms with Gasteiger partial charge in [-0.3, -0.25) is 0 Å². The number of aromatic nitrogens is 1. The number of rotatable bonds is 1.